The Morgan fingerprint density at radius 3 is 0.685 bits per heavy atom. The molecule has 8 rings (SSSR count). The number of carbonyl (C=O) groups excluding carboxylic acids is 4. The van der Waals surface area contributed by atoms with Gasteiger partial charge in [-0.05, 0) is 121 Å². The lowest BCUT2D eigenvalue weighted by Gasteiger charge is -2.80. The number of carbonyl (C=O) groups is 4. The monoisotopic (exact) mass is 1790 g/mol. The number of hydrogen-bond donors (Lipinski definition) is 1. The molecule has 10 heteroatoms. The van der Waals surface area contributed by atoms with Crippen molar-refractivity contribution in [1.82, 2.24) is 0 Å². The van der Waals surface area contributed by atoms with Crippen molar-refractivity contribution in [3.63, 3.8) is 0 Å². The van der Waals surface area contributed by atoms with Gasteiger partial charge in [-0.15, -0.1) is 12.6 Å². The van der Waals surface area contributed by atoms with Crippen LogP contribution < -0.4 is 0 Å². The van der Waals surface area contributed by atoms with Gasteiger partial charge in [-0.3, -0.25) is 19.2 Å². The molecule has 1 heterocycles. The molecule has 0 amide bonds. The van der Waals surface area contributed by atoms with Gasteiger partial charge < -0.3 is 23.7 Å². The van der Waals surface area contributed by atoms with E-state index in [4.69, 9.17) is 12.6 Å². The molecule has 7 aliphatic carbocycles. The summed E-state index contributed by atoms with van der Waals surface area (Å²) >= 11 is 7.41. The van der Waals surface area contributed by atoms with Crippen LogP contribution in [0.1, 0.15) is 644 Å². The van der Waals surface area contributed by atoms with E-state index in [-0.39, 0.29) is 72.7 Å². The average molecular weight is 1800 g/mol. The number of ether oxygens (including phenoxy) is 5. The highest BCUT2D eigenvalue weighted by Crippen LogP contribution is 2.78. The highest BCUT2D eigenvalue weighted by atomic mass is 32.1. The van der Waals surface area contributed by atoms with Crippen LogP contribution in [0.3, 0.4) is 0 Å². The second-order valence-corrected chi connectivity index (χ2v) is 45.2. The van der Waals surface area contributed by atoms with Crippen molar-refractivity contribution in [3.8, 4) is 0 Å². The molecule has 8 aliphatic rings. The molecular weight excluding hydrogens is 1580 g/mol. The predicted octanol–water partition coefficient (Wildman–Crippen LogP) is 37.4. The molecule has 7 saturated carbocycles. The molecule has 8 fully saturated rings. The zero-order chi connectivity index (χ0) is 89.8. The molecule has 127 heavy (non-hydrogen) atoms. The fraction of sp³-hybridized carbons (Fsp3) is 0.966. The van der Waals surface area contributed by atoms with Gasteiger partial charge in [0.25, 0.3) is 0 Å². The van der Waals surface area contributed by atoms with Crippen LogP contribution >= 0.6 is 12.6 Å². The fourth-order valence-corrected chi connectivity index (χ4v) is 28.7. The molecule has 0 bridgehead atoms. The summed E-state index contributed by atoms with van der Waals surface area (Å²) in [6, 6.07) is 0. The third-order valence-electron chi connectivity index (χ3n) is 34.7. The van der Waals surface area contributed by atoms with E-state index in [1.807, 2.05) is 0 Å². The number of thiol groups is 1. The van der Waals surface area contributed by atoms with Crippen LogP contribution in [0.25, 0.3) is 0 Å². The number of esters is 4. The van der Waals surface area contributed by atoms with Crippen LogP contribution in [0.15, 0.2) is 0 Å². The first-order valence-electron chi connectivity index (χ1n) is 58.8. The van der Waals surface area contributed by atoms with Crippen LogP contribution in [-0.4, -0.2) is 56.8 Å². The van der Waals surface area contributed by atoms with E-state index in [9.17, 15) is 23.7 Å². The van der Waals surface area contributed by atoms with Crippen LogP contribution in [-0.2, 0) is 42.9 Å². The van der Waals surface area contributed by atoms with E-state index in [1.165, 1.54) is 199 Å². The molecule has 9 nitrogen and oxygen atoms in total. The van der Waals surface area contributed by atoms with Crippen molar-refractivity contribution in [2.75, 3.05) is 0 Å². The van der Waals surface area contributed by atoms with Crippen LogP contribution in [0, 0.1) is 41.4 Å². The van der Waals surface area contributed by atoms with Gasteiger partial charge in [0.1, 0.15) is 0 Å². The zero-order valence-corrected chi connectivity index (χ0v) is 85.9. The molecule has 0 N–H and O–H groups in total. The lowest BCUT2D eigenvalue weighted by Crippen LogP contribution is -2.98. The van der Waals surface area contributed by atoms with Crippen molar-refractivity contribution < 1.29 is 42.9 Å². The Morgan fingerprint density at radius 1 is 0.228 bits per heavy atom. The zero-order valence-electron chi connectivity index (χ0n) is 85.0. The minimum atomic E-state index is -1.89. The third-order valence-corrected chi connectivity index (χ3v) is 35.5. The summed E-state index contributed by atoms with van der Waals surface area (Å²) in [4.78, 5) is 71.5. The molecule has 1 aliphatic heterocycles. The smallest absolute Gasteiger partial charge is 0.306 e. The standard InChI is InChI=1S/C117H212O9S/c1-5-9-13-17-21-25-29-61-79-97-108(118)122-112(101-83-65-47-33-34-48-66-84-101,102-85-67-49-35-36-50-68-86-102)113(103-87-69-51-37-38-52-70-88-103)114(104-89-71-53-39-40-54-72-90-104,123-109(119)98-80-62-30-26-22-18-14-10-6-2)115(105-91-73-55-41-42-56-74-92-105,124-110(120)99-81-63-31-27-23-19-15-11-7-3)116(106-93-75-57-43-44-58-76-94-106,117(127,126-113)107-95-77-59-45-46-60-78-96-107)125-111(121)100-82-64-32-28-24-20-16-12-8-4/h101-107,127H,5-100H2,1-4H3/t113-,114+,115+,116-,117+/m1/s1. The van der Waals surface area contributed by atoms with Gasteiger partial charge in [0.2, 0.25) is 5.60 Å². The molecule has 740 valence electrons. The van der Waals surface area contributed by atoms with Gasteiger partial charge in [-0.2, -0.15) is 0 Å². The Labute approximate surface area is 792 Å². The van der Waals surface area contributed by atoms with Gasteiger partial charge >= 0.3 is 23.9 Å². The van der Waals surface area contributed by atoms with Gasteiger partial charge in [0, 0.05) is 61.2 Å². The van der Waals surface area contributed by atoms with E-state index in [0.717, 1.165) is 379 Å². The first kappa shape index (κ1) is 110. The number of hydrogen-bond acceptors (Lipinski definition) is 10. The quantitative estimate of drug-likeness (QED) is 0.0275. The highest BCUT2D eigenvalue weighted by Gasteiger charge is 2.95. The van der Waals surface area contributed by atoms with Gasteiger partial charge in [-0.25, -0.2) is 0 Å². The molecule has 0 radical (unpaired) electrons. The largest absolute Gasteiger partial charge is 0.455 e. The molecular formula is C117H212O9S. The molecule has 0 aromatic heterocycles. The maximum absolute atomic E-state index is 18.6. The maximum atomic E-state index is 18.6. The highest BCUT2D eigenvalue weighted by molar-refractivity contribution is 7.81. The van der Waals surface area contributed by atoms with Crippen molar-refractivity contribution in [3.05, 3.63) is 0 Å². The Morgan fingerprint density at radius 2 is 0.417 bits per heavy atom. The molecule has 0 aromatic carbocycles. The minimum Gasteiger partial charge on any atom is -0.455 e. The summed E-state index contributed by atoms with van der Waals surface area (Å²) in [5.74, 6) is -2.76. The van der Waals surface area contributed by atoms with E-state index >= 15 is 19.2 Å². The Hall–Kier alpha value is -1.81. The molecule has 5 atom stereocenters. The Kier molecular flexibility index (Phi) is 58.0. The lowest BCUT2D eigenvalue weighted by atomic mass is 9.38. The van der Waals surface area contributed by atoms with Crippen molar-refractivity contribution in [1.29, 1.82) is 0 Å². The fourth-order valence-electron chi connectivity index (χ4n) is 27.9. The second-order valence-electron chi connectivity index (χ2n) is 44.5. The molecule has 0 unspecified atom stereocenters. The number of rotatable bonds is 52. The summed E-state index contributed by atoms with van der Waals surface area (Å²) in [6.07, 6.45) is 99.2. The first-order chi connectivity index (χ1) is 62.5. The SMILES string of the molecule is CCCCCCCCCCCC(=O)OC(C1CCCCCCCC1)(C1CCCCCCCC1)[C@@]1(C2CCCCCCCC2)O[C@](S)(C2CCCCCCCC2)[C@@](OC(=O)CCCCCCCCCCC)(C2CCCCCCCC2)[C@](OC(=O)CCCCCCCCCCC)(C2CCCCCCCC2)[C@]1(OC(=O)CCCCCCCCCCC)C1CCCCCCCC1. The normalized spacial score (nSPS) is 26.5. The predicted molar refractivity (Wildman–Crippen MR) is 541 cm³/mol. The lowest BCUT2D eigenvalue weighted by molar-refractivity contribution is -0.476. The Bertz CT molecular complexity index is 2680. The van der Waals surface area contributed by atoms with Crippen molar-refractivity contribution >= 4 is 36.5 Å². The van der Waals surface area contributed by atoms with Gasteiger partial charge in [0.05, 0.1) is 0 Å². The topological polar surface area (TPSA) is 114 Å². The first-order valence-corrected chi connectivity index (χ1v) is 59.3. The van der Waals surface area contributed by atoms with E-state index in [1.54, 1.807) is 0 Å². The van der Waals surface area contributed by atoms with Gasteiger partial charge in [-0.1, -0.05) is 503 Å². The summed E-state index contributed by atoms with van der Waals surface area (Å²) < 4.78 is 48.3. The van der Waals surface area contributed by atoms with Crippen molar-refractivity contribution in [2.45, 2.75) is 677 Å². The van der Waals surface area contributed by atoms with E-state index in [2.05, 4.69) is 27.7 Å². The van der Waals surface area contributed by atoms with E-state index in [0.29, 0.717) is 19.3 Å². The molecule has 0 spiro atoms. The maximum Gasteiger partial charge on any atom is 0.306 e. The van der Waals surface area contributed by atoms with Crippen LogP contribution in [0.2, 0.25) is 0 Å². The summed E-state index contributed by atoms with van der Waals surface area (Å²) in [5, 5.41) is 0. The summed E-state index contributed by atoms with van der Waals surface area (Å²) in [7, 11) is 0. The minimum absolute atomic E-state index is 0.0683. The summed E-state index contributed by atoms with van der Waals surface area (Å²) in [5.41, 5.74) is -8.65. The van der Waals surface area contributed by atoms with Crippen LogP contribution in [0.4, 0.5) is 0 Å². The Balaban J connectivity index is 1.70. The van der Waals surface area contributed by atoms with Gasteiger partial charge in [0.15, 0.2) is 27.3 Å². The van der Waals surface area contributed by atoms with Crippen molar-refractivity contribution in [2.24, 2.45) is 41.4 Å². The summed E-state index contributed by atoms with van der Waals surface area (Å²) in [6.45, 7) is 9.28. The third kappa shape index (κ3) is 34.4. The molecule has 0 aromatic rings. The van der Waals surface area contributed by atoms with Crippen LogP contribution in [0.5, 0.6) is 0 Å². The second kappa shape index (κ2) is 66.6. The average Bonchev–Trinajstić information content (AvgIpc) is 0.764. The van der Waals surface area contributed by atoms with E-state index < -0.39 is 44.8 Å². The number of unbranched alkanes of at least 4 members (excludes halogenated alkanes) is 32. The molecule has 1 saturated heterocycles.